The third-order valence-corrected chi connectivity index (χ3v) is 3.30. The summed E-state index contributed by atoms with van der Waals surface area (Å²) >= 11 is 2.44. The topological polar surface area (TPSA) is 15.3 Å². The van der Waals surface area contributed by atoms with Crippen LogP contribution in [0.15, 0.2) is 0 Å². The van der Waals surface area contributed by atoms with Crippen LogP contribution in [-0.2, 0) is 0 Å². The average Bonchev–Trinajstić information content (AvgIpc) is 2.63. The first-order chi connectivity index (χ1) is 6.43. The lowest BCUT2D eigenvalue weighted by Gasteiger charge is -2.14. The van der Waals surface area contributed by atoms with Gasteiger partial charge in [-0.2, -0.15) is 0 Å². The molecule has 1 aliphatic rings. The van der Waals surface area contributed by atoms with E-state index in [4.69, 9.17) is 0 Å². The predicted octanol–water partition coefficient (Wildman–Crippen LogP) is 1.89. The minimum atomic E-state index is 1.18. The van der Waals surface area contributed by atoms with Crippen molar-refractivity contribution in [3.8, 4) is 0 Å². The van der Waals surface area contributed by atoms with E-state index in [0.29, 0.717) is 0 Å². The van der Waals surface area contributed by atoms with Crippen molar-refractivity contribution in [2.75, 3.05) is 37.2 Å². The van der Waals surface area contributed by atoms with Crippen molar-refractivity contribution in [1.82, 2.24) is 10.2 Å². The fourth-order valence-corrected chi connectivity index (χ4v) is 2.25. The van der Waals surface area contributed by atoms with E-state index >= 15 is 0 Å². The molecular formula is C10H21IN2. The Bertz CT molecular complexity index is 113. The van der Waals surface area contributed by atoms with E-state index in [1.54, 1.807) is 0 Å². The van der Waals surface area contributed by atoms with Crippen LogP contribution in [0, 0.1) is 0 Å². The number of nitrogens with one attached hydrogen (secondary N) is 1. The largest absolute Gasteiger partial charge is 0.315 e. The molecule has 0 amide bonds. The van der Waals surface area contributed by atoms with Crippen LogP contribution in [0.2, 0.25) is 0 Å². The van der Waals surface area contributed by atoms with Gasteiger partial charge in [0.05, 0.1) is 0 Å². The summed E-state index contributed by atoms with van der Waals surface area (Å²) in [7, 11) is 0. The van der Waals surface area contributed by atoms with Crippen LogP contribution in [0.3, 0.4) is 0 Å². The van der Waals surface area contributed by atoms with Gasteiger partial charge in [0.15, 0.2) is 0 Å². The van der Waals surface area contributed by atoms with E-state index in [2.05, 4.69) is 32.8 Å². The molecule has 2 nitrogen and oxygen atoms in total. The van der Waals surface area contributed by atoms with E-state index < -0.39 is 0 Å². The van der Waals surface area contributed by atoms with Gasteiger partial charge in [-0.3, -0.25) is 0 Å². The van der Waals surface area contributed by atoms with E-state index in [9.17, 15) is 0 Å². The number of unbranched alkanes of at least 4 members (excludes halogenated alkanes) is 1. The molecule has 0 aromatic rings. The van der Waals surface area contributed by atoms with Crippen molar-refractivity contribution in [2.45, 2.75) is 25.7 Å². The molecule has 1 aliphatic heterocycles. The molecule has 3 heteroatoms. The molecule has 78 valence electrons. The van der Waals surface area contributed by atoms with Gasteiger partial charge in [-0.25, -0.2) is 0 Å². The SMILES string of the molecule is ICCCCNCCN1CCCC1. The quantitative estimate of drug-likeness (QED) is 0.438. The van der Waals surface area contributed by atoms with Gasteiger partial charge in [0.25, 0.3) is 0 Å². The number of likely N-dealkylation sites (tertiary alicyclic amines) is 1. The molecule has 0 bridgehead atoms. The summed E-state index contributed by atoms with van der Waals surface area (Å²) in [4.78, 5) is 2.56. The van der Waals surface area contributed by atoms with Crippen LogP contribution < -0.4 is 5.32 Å². The Morgan fingerprint density at radius 3 is 2.54 bits per heavy atom. The fraction of sp³-hybridized carbons (Fsp3) is 1.00. The third kappa shape index (κ3) is 5.86. The zero-order valence-corrected chi connectivity index (χ0v) is 10.6. The normalized spacial score (nSPS) is 18.2. The molecule has 1 N–H and O–H groups in total. The first-order valence-corrected chi connectivity index (χ1v) is 6.95. The molecule has 0 spiro atoms. The first kappa shape index (κ1) is 11.7. The lowest BCUT2D eigenvalue weighted by molar-refractivity contribution is 0.336. The fourth-order valence-electron chi connectivity index (χ4n) is 1.71. The Hall–Kier alpha value is 0.650. The number of rotatable bonds is 7. The second-order valence-corrected chi connectivity index (χ2v) is 4.77. The molecule has 13 heavy (non-hydrogen) atoms. The van der Waals surface area contributed by atoms with Gasteiger partial charge in [0.2, 0.25) is 0 Å². The zero-order valence-electron chi connectivity index (χ0n) is 8.40. The highest BCUT2D eigenvalue weighted by Gasteiger charge is 2.09. The van der Waals surface area contributed by atoms with Crippen molar-refractivity contribution in [3.63, 3.8) is 0 Å². The summed E-state index contributed by atoms with van der Waals surface area (Å²) in [6.07, 6.45) is 5.52. The Morgan fingerprint density at radius 2 is 1.85 bits per heavy atom. The van der Waals surface area contributed by atoms with Crippen molar-refractivity contribution in [1.29, 1.82) is 0 Å². The molecule has 0 unspecified atom stereocenters. The number of halogens is 1. The lowest BCUT2D eigenvalue weighted by Crippen LogP contribution is -2.30. The molecule has 1 heterocycles. The smallest absolute Gasteiger partial charge is 0.0107 e. The average molecular weight is 296 g/mol. The molecular weight excluding hydrogens is 275 g/mol. The highest BCUT2D eigenvalue weighted by molar-refractivity contribution is 14.1. The van der Waals surface area contributed by atoms with Gasteiger partial charge in [0.1, 0.15) is 0 Å². The minimum Gasteiger partial charge on any atom is -0.315 e. The number of hydrogen-bond donors (Lipinski definition) is 1. The van der Waals surface area contributed by atoms with Gasteiger partial charge in [-0.1, -0.05) is 22.6 Å². The molecule has 0 aliphatic carbocycles. The Kier molecular flexibility index (Phi) is 7.21. The Morgan fingerprint density at radius 1 is 1.08 bits per heavy atom. The Labute approximate surface area is 95.6 Å². The van der Waals surface area contributed by atoms with Gasteiger partial charge >= 0.3 is 0 Å². The van der Waals surface area contributed by atoms with E-state index in [1.165, 1.54) is 62.8 Å². The lowest BCUT2D eigenvalue weighted by atomic mass is 10.3. The monoisotopic (exact) mass is 296 g/mol. The summed E-state index contributed by atoms with van der Waals surface area (Å²) in [6, 6.07) is 0. The maximum absolute atomic E-state index is 3.50. The molecule has 0 aromatic carbocycles. The van der Waals surface area contributed by atoms with Crippen LogP contribution in [0.5, 0.6) is 0 Å². The van der Waals surface area contributed by atoms with Crippen LogP contribution in [0.4, 0.5) is 0 Å². The van der Waals surface area contributed by atoms with Gasteiger partial charge in [-0.05, 0) is 49.7 Å². The summed E-state index contributed by atoms with van der Waals surface area (Å²) in [6.45, 7) is 6.30. The summed E-state index contributed by atoms with van der Waals surface area (Å²) in [5, 5.41) is 3.50. The molecule has 0 aromatic heterocycles. The summed E-state index contributed by atoms with van der Waals surface area (Å²) < 4.78 is 1.30. The first-order valence-electron chi connectivity index (χ1n) is 5.42. The van der Waals surface area contributed by atoms with Gasteiger partial charge in [0, 0.05) is 13.1 Å². The van der Waals surface area contributed by atoms with Gasteiger partial charge in [-0.15, -0.1) is 0 Å². The zero-order chi connectivity index (χ0) is 9.36. The standard InChI is InChI=1S/C10H21IN2/c11-5-1-2-6-12-7-10-13-8-3-4-9-13/h12H,1-10H2. The van der Waals surface area contributed by atoms with E-state index in [-0.39, 0.29) is 0 Å². The molecule has 0 atom stereocenters. The Balaban J connectivity index is 1.78. The van der Waals surface area contributed by atoms with Gasteiger partial charge < -0.3 is 10.2 Å². The predicted molar refractivity (Wildman–Crippen MR) is 66.7 cm³/mol. The van der Waals surface area contributed by atoms with Crippen LogP contribution in [-0.4, -0.2) is 42.1 Å². The number of alkyl halides is 1. The molecule has 1 rings (SSSR count). The third-order valence-electron chi connectivity index (χ3n) is 2.54. The molecule has 0 radical (unpaired) electrons. The molecule has 1 fully saturated rings. The maximum Gasteiger partial charge on any atom is 0.0107 e. The van der Waals surface area contributed by atoms with Crippen LogP contribution in [0.1, 0.15) is 25.7 Å². The van der Waals surface area contributed by atoms with E-state index in [1.807, 2.05) is 0 Å². The van der Waals surface area contributed by atoms with Crippen molar-refractivity contribution < 1.29 is 0 Å². The van der Waals surface area contributed by atoms with Crippen LogP contribution >= 0.6 is 22.6 Å². The minimum absolute atomic E-state index is 1.18. The summed E-state index contributed by atoms with van der Waals surface area (Å²) in [5.74, 6) is 0. The van der Waals surface area contributed by atoms with E-state index in [0.717, 1.165) is 0 Å². The van der Waals surface area contributed by atoms with Crippen LogP contribution in [0.25, 0.3) is 0 Å². The molecule has 0 saturated carbocycles. The highest BCUT2D eigenvalue weighted by Crippen LogP contribution is 2.05. The van der Waals surface area contributed by atoms with Crippen molar-refractivity contribution in [2.24, 2.45) is 0 Å². The number of nitrogens with zero attached hydrogens (tertiary/aromatic N) is 1. The van der Waals surface area contributed by atoms with Crippen molar-refractivity contribution in [3.05, 3.63) is 0 Å². The molecule has 1 saturated heterocycles. The second-order valence-electron chi connectivity index (χ2n) is 3.69. The highest BCUT2D eigenvalue weighted by atomic mass is 127. The maximum atomic E-state index is 3.50. The van der Waals surface area contributed by atoms with Crippen molar-refractivity contribution >= 4 is 22.6 Å². The second kappa shape index (κ2) is 8.00. The summed E-state index contributed by atoms with van der Waals surface area (Å²) in [5.41, 5.74) is 0. The number of hydrogen-bond acceptors (Lipinski definition) is 2.